The second-order valence-corrected chi connectivity index (χ2v) is 3.46. The number of carboxylic acids is 1. The molecule has 0 aliphatic heterocycles. The SMILES string of the molecule is C#CCN(CC(=O)O)Cc1cc(COC)on1. The van der Waals surface area contributed by atoms with Crippen LogP contribution in [0.1, 0.15) is 11.5 Å². The second-order valence-electron chi connectivity index (χ2n) is 3.46. The average molecular weight is 238 g/mol. The van der Waals surface area contributed by atoms with Crippen LogP contribution < -0.4 is 0 Å². The normalized spacial score (nSPS) is 10.4. The van der Waals surface area contributed by atoms with Gasteiger partial charge >= 0.3 is 5.97 Å². The lowest BCUT2D eigenvalue weighted by Gasteiger charge is -2.14. The van der Waals surface area contributed by atoms with E-state index in [1.807, 2.05) is 0 Å². The molecule has 0 unspecified atom stereocenters. The Morgan fingerprint density at radius 1 is 1.76 bits per heavy atom. The zero-order valence-electron chi connectivity index (χ0n) is 9.55. The first-order valence-corrected chi connectivity index (χ1v) is 4.96. The predicted molar refractivity (Wildman–Crippen MR) is 59.0 cm³/mol. The van der Waals surface area contributed by atoms with Crippen LogP contribution in [-0.4, -0.2) is 41.3 Å². The minimum Gasteiger partial charge on any atom is -0.480 e. The Kier molecular flexibility index (Phi) is 5.20. The van der Waals surface area contributed by atoms with Gasteiger partial charge in [0.2, 0.25) is 0 Å². The third-order valence-corrected chi connectivity index (χ3v) is 1.95. The number of carbonyl (C=O) groups is 1. The van der Waals surface area contributed by atoms with Crippen LogP contribution in [-0.2, 0) is 22.7 Å². The third-order valence-electron chi connectivity index (χ3n) is 1.95. The Hall–Kier alpha value is -1.84. The van der Waals surface area contributed by atoms with Crippen molar-refractivity contribution in [3.63, 3.8) is 0 Å². The number of rotatable bonds is 7. The minimum atomic E-state index is -0.930. The highest BCUT2D eigenvalue weighted by molar-refractivity contribution is 5.69. The topological polar surface area (TPSA) is 75.8 Å². The van der Waals surface area contributed by atoms with Crippen LogP contribution in [0.2, 0.25) is 0 Å². The summed E-state index contributed by atoms with van der Waals surface area (Å²) in [7, 11) is 1.55. The number of hydrogen-bond acceptors (Lipinski definition) is 5. The summed E-state index contributed by atoms with van der Waals surface area (Å²) in [4.78, 5) is 12.2. The summed E-state index contributed by atoms with van der Waals surface area (Å²) in [5.74, 6) is 2.07. The smallest absolute Gasteiger partial charge is 0.317 e. The largest absolute Gasteiger partial charge is 0.480 e. The molecule has 0 saturated carbocycles. The van der Waals surface area contributed by atoms with E-state index in [0.717, 1.165) is 0 Å². The summed E-state index contributed by atoms with van der Waals surface area (Å²) in [6.07, 6.45) is 5.16. The van der Waals surface area contributed by atoms with Crippen molar-refractivity contribution in [3.05, 3.63) is 17.5 Å². The van der Waals surface area contributed by atoms with E-state index >= 15 is 0 Å². The van der Waals surface area contributed by atoms with Gasteiger partial charge in [0.25, 0.3) is 0 Å². The molecule has 0 amide bonds. The first kappa shape index (κ1) is 13.2. The number of ether oxygens (including phenoxy) is 1. The molecule has 17 heavy (non-hydrogen) atoms. The van der Waals surface area contributed by atoms with Crippen LogP contribution in [0, 0.1) is 12.3 Å². The monoisotopic (exact) mass is 238 g/mol. The molecule has 92 valence electrons. The number of methoxy groups -OCH3 is 1. The maximum atomic E-state index is 10.6. The summed E-state index contributed by atoms with van der Waals surface area (Å²) >= 11 is 0. The van der Waals surface area contributed by atoms with E-state index in [4.69, 9.17) is 20.8 Å². The van der Waals surface area contributed by atoms with Gasteiger partial charge in [-0.15, -0.1) is 6.42 Å². The molecule has 1 heterocycles. The van der Waals surface area contributed by atoms with Crippen molar-refractivity contribution in [1.29, 1.82) is 0 Å². The number of terminal acetylenes is 1. The third kappa shape index (κ3) is 4.68. The summed E-state index contributed by atoms with van der Waals surface area (Å²) < 4.78 is 9.87. The van der Waals surface area contributed by atoms with Crippen LogP contribution in [0.5, 0.6) is 0 Å². The molecule has 1 aromatic heterocycles. The van der Waals surface area contributed by atoms with Gasteiger partial charge < -0.3 is 14.4 Å². The van der Waals surface area contributed by atoms with Gasteiger partial charge in [-0.3, -0.25) is 9.69 Å². The van der Waals surface area contributed by atoms with E-state index in [2.05, 4.69) is 11.1 Å². The fraction of sp³-hybridized carbons (Fsp3) is 0.455. The lowest BCUT2D eigenvalue weighted by molar-refractivity contribution is -0.138. The van der Waals surface area contributed by atoms with E-state index < -0.39 is 5.97 Å². The number of carboxylic acid groups (broad SMARTS) is 1. The molecule has 0 saturated heterocycles. The van der Waals surface area contributed by atoms with Gasteiger partial charge in [0, 0.05) is 19.7 Å². The van der Waals surface area contributed by atoms with Gasteiger partial charge in [-0.25, -0.2) is 0 Å². The highest BCUT2D eigenvalue weighted by atomic mass is 16.5. The number of hydrogen-bond donors (Lipinski definition) is 1. The maximum absolute atomic E-state index is 10.6. The van der Waals surface area contributed by atoms with Crippen molar-refractivity contribution < 1.29 is 19.2 Å². The van der Waals surface area contributed by atoms with E-state index in [0.29, 0.717) is 24.6 Å². The molecule has 0 spiro atoms. The predicted octanol–water partition coefficient (Wildman–Crippen LogP) is 0.341. The zero-order chi connectivity index (χ0) is 12.7. The van der Waals surface area contributed by atoms with E-state index in [-0.39, 0.29) is 13.1 Å². The number of nitrogens with zero attached hydrogens (tertiary/aromatic N) is 2. The molecule has 1 aromatic rings. The van der Waals surface area contributed by atoms with Gasteiger partial charge in [0.05, 0.1) is 18.8 Å². The molecule has 1 rings (SSSR count). The molecule has 1 N–H and O–H groups in total. The van der Waals surface area contributed by atoms with Crippen LogP contribution >= 0.6 is 0 Å². The molecule has 0 aliphatic rings. The Bertz CT molecular complexity index is 408. The quantitative estimate of drug-likeness (QED) is 0.690. The molecule has 0 aliphatic carbocycles. The molecular formula is C11H14N2O4. The lowest BCUT2D eigenvalue weighted by Crippen LogP contribution is -2.29. The Morgan fingerprint density at radius 2 is 2.53 bits per heavy atom. The molecule has 0 radical (unpaired) electrons. The van der Waals surface area contributed by atoms with Crippen LogP contribution in [0.4, 0.5) is 0 Å². The van der Waals surface area contributed by atoms with Crippen molar-refractivity contribution in [2.45, 2.75) is 13.2 Å². The van der Waals surface area contributed by atoms with Gasteiger partial charge in [-0.1, -0.05) is 11.1 Å². The molecule has 0 bridgehead atoms. The molecule has 6 heteroatoms. The number of aliphatic carboxylic acids is 1. The Balaban J connectivity index is 2.58. The summed E-state index contributed by atoms with van der Waals surface area (Å²) in [5.41, 5.74) is 0.633. The van der Waals surface area contributed by atoms with Crippen LogP contribution in [0.3, 0.4) is 0 Å². The first-order chi connectivity index (χ1) is 8.15. The summed E-state index contributed by atoms with van der Waals surface area (Å²) in [6, 6.07) is 1.72. The van der Waals surface area contributed by atoms with Crippen molar-refractivity contribution in [3.8, 4) is 12.3 Å². The van der Waals surface area contributed by atoms with Crippen molar-refractivity contribution in [1.82, 2.24) is 10.1 Å². The lowest BCUT2D eigenvalue weighted by atomic mass is 10.3. The van der Waals surface area contributed by atoms with Crippen molar-refractivity contribution >= 4 is 5.97 Å². The standard InChI is InChI=1S/C11H14N2O4/c1-3-4-13(7-11(14)15)6-9-5-10(8-16-2)17-12-9/h1,5H,4,6-8H2,2H3,(H,14,15). The fourth-order valence-electron chi connectivity index (χ4n) is 1.36. The Labute approximate surface area is 99.1 Å². The zero-order valence-corrected chi connectivity index (χ0v) is 9.55. The van der Waals surface area contributed by atoms with Gasteiger partial charge in [-0.05, 0) is 0 Å². The number of aromatic nitrogens is 1. The summed E-state index contributed by atoms with van der Waals surface area (Å²) in [6.45, 7) is 0.792. The van der Waals surface area contributed by atoms with E-state index in [1.165, 1.54) is 0 Å². The van der Waals surface area contributed by atoms with Gasteiger partial charge in [0.1, 0.15) is 6.61 Å². The minimum absolute atomic E-state index is 0.128. The van der Waals surface area contributed by atoms with Gasteiger partial charge in [-0.2, -0.15) is 0 Å². The maximum Gasteiger partial charge on any atom is 0.317 e. The first-order valence-electron chi connectivity index (χ1n) is 4.96. The molecule has 0 fully saturated rings. The molecule has 0 atom stereocenters. The van der Waals surface area contributed by atoms with E-state index in [1.54, 1.807) is 18.1 Å². The molecular weight excluding hydrogens is 224 g/mol. The highest BCUT2D eigenvalue weighted by Gasteiger charge is 2.12. The van der Waals surface area contributed by atoms with Crippen LogP contribution in [0.25, 0.3) is 0 Å². The van der Waals surface area contributed by atoms with E-state index in [9.17, 15) is 4.79 Å². The molecule has 0 aromatic carbocycles. The molecule has 6 nitrogen and oxygen atoms in total. The van der Waals surface area contributed by atoms with Crippen molar-refractivity contribution in [2.75, 3.05) is 20.2 Å². The van der Waals surface area contributed by atoms with Gasteiger partial charge in [0.15, 0.2) is 5.76 Å². The average Bonchev–Trinajstić information content (AvgIpc) is 2.65. The second kappa shape index (κ2) is 6.68. The van der Waals surface area contributed by atoms with Crippen LogP contribution in [0.15, 0.2) is 10.6 Å². The van der Waals surface area contributed by atoms with Crippen molar-refractivity contribution in [2.24, 2.45) is 0 Å². The highest BCUT2D eigenvalue weighted by Crippen LogP contribution is 2.07. The summed E-state index contributed by atoms with van der Waals surface area (Å²) in [5, 5.41) is 12.5. The Morgan fingerprint density at radius 3 is 3.12 bits per heavy atom. The fourth-order valence-corrected chi connectivity index (χ4v) is 1.36.